The molecular weight excluding hydrogens is 241 g/mol. The number of aromatic nitrogens is 1. The number of nitrogens with one attached hydrogen (secondary N) is 1. The lowest BCUT2D eigenvalue weighted by Gasteiger charge is -1.89. The van der Waals surface area contributed by atoms with Crippen molar-refractivity contribution in [3.8, 4) is 12.1 Å². The quantitative estimate of drug-likeness (QED) is 0.649. The highest BCUT2D eigenvalue weighted by atomic mass is 32.1. The van der Waals surface area contributed by atoms with Crippen LogP contribution in [0, 0.1) is 28.5 Å². The molecule has 0 aliphatic carbocycles. The van der Waals surface area contributed by atoms with Gasteiger partial charge >= 0.3 is 0 Å². The minimum atomic E-state index is -0.342. The van der Waals surface area contributed by atoms with E-state index in [0.29, 0.717) is 15.3 Å². The summed E-state index contributed by atoms with van der Waals surface area (Å²) in [5.74, 6) is -0.342. The van der Waals surface area contributed by atoms with E-state index in [1.165, 1.54) is 23.5 Å². The Morgan fingerprint density at radius 3 is 2.88 bits per heavy atom. The molecule has 2 rings (SSSR count). The Bertz CT molecular complexity index is 660. The van der Waals surface area contributed by atoms with Gasteiger partial charge in [0.2, 0.25) is 10.8 Å². The fourth-order valence-electron chi connectivity index (χ4n) is 1.12. The van der Waals surface area contributed by atoms with E-state index in [9.17, 15) is 4.39 Å². The number of anilines is 1. The molecule has 0 saturated carbocycles. The maximum atomic E-state index is 12.9. The van der Waals surface area contributed by atoms with Gasteiger partial charge in [0.15, 0.2) is 0 Å². The van der Waals surface area contributed by atoms with Gasteiger partial charge in [0, 0.05) is 0 Å². The summed E-state index contributed by atoms with van der Waals surface area (Å²) in [6.45, 7) is 0. The van der Waals surface area contributed by atoms with Crippen LogP contribution in [-0.2, 0) is 0 Å². The maximum absolute atomic E-state index is 12.9. The van der Waals surface area contributed by atoms with Crippen LogP contribution in [0.3, 0.4) is 0 Å². The molecule has 1 aromatic carbocycles. The van der Waals surface area contributed by atoms with Crippen molar-refractivity contribution in [3.63, 3.8) is 0 Å². The molecule has 0 atom stereocenters. The van der Waals surface area contributed by atoms with Crippen LogP contribution in [0.2, 0.25) is 0 Å². The molecule has 17 heavy (non-hydrogen) atoms. The first-order chi connectivity index (χ1) is 8.22. The number of fused-ring (bicyclic) bond motifs is 1. The fourth-order valence-corrected chi connectivity index (χ4v) is 1.96. The van der Waals surface area contributed by atoms with E-state index < -0.39 is 0 Å². The van der Waals surface area contributed by atoms with E-state index in [1.54, 1.807) is 18.2 Å². The second-order valence-electron chi connectivity index (χ2n) is 2.93. The molecule has 1 N–H and O–H groups in total. The van der Waals surface area contributed by atoms with Crippen molar-refractivity contribution in [2.75, 3.05) is 5.43 Å². The molecule has 2 aromatic rings. The summed E-state index contributed by atoms with van der Waals surface area (Å²) in [6.07, 6.45) is 0. The van der Waals surface area contributed by atoms with Gasteiger partial charge in [-0.2, -0.15) is 15.6 Å². The molecular formula is C10H4FN5S. The van der Waals surface area contributed by atoms with Gasteiger partial charge in [-0.1, -0.05) is 11.3 Å². The third kappa shape index (κ3) is 2.36. The molecule has 0 spiro atoms. The monoisotopic (exact) mass is 245 g/mol. The van der Waals surface area contributed by atoms with Gasteiger partial charge in [-0.25, -0.2) is 9.37 Å². The van der Waals surface area contributed by atoms with Gasteiger partial charge in [-0.3, -0.25) is 5.43 Å². The second-order valence-corrected chi connectivity index (χ2v) is 3.96. The number of hydrogen-bond donors (Lipinski definition) is 1. The second kappa shape index (κ2) is 4.56. The molecule has 0 amide bonds. The lowest BCUT2D eigenvalue weighted by Crippen LogP contribution is -1.95. The number of thiazole rings is 1. The SMILES string of the molecule is N#CC(C#N)=NNc1nc2ccc(F)cc2s1. The zero-order valence-electron chi connectivity index (χ0n) is 8.31. The Balaban J connectivity index is 2.30. The average molecular weight is 245 g/mol. The van der Waals surface area contributed by atoms with E-state index in [0.717, 1.165) is 0 Å². The summed E-state index contributed by atoms with van der Waals surface area (Å²) in [5.41, 5.74) is 2.82. The van der Waals surface area contributed by atoms with Gasteiger partial charge in [-0.05, 0) is 18.2 Å². The van der Waals surface area contributed by atoms with E-state index in [2.05, 4.69) is 15.5 Å². The average Bonchev–Trinajstić information content (AvgIpc) is 2.72. The molecule has 82 valence electrons. The summed E-state index contributed by atoms with van der Waals surface area (Å²) >= 11 is 1.19. The Labute approximate surface area is 99.4 Å². The largest absolute Gasteiger partial charge is 0.251 e. The van der Waals surface area contributed by atoms with Crippen LogP contribution in [0.15, 0.2) is 23.3 Å². The highest BCUT2D eigenvalue weighted by molar-refractivity contribution is 7.22. The highest BCUT2D eigenvalue weighted by Gasteiger charge is 2.04. The molecule has 1 aromatic heterocycles. The third-order valence-corrected chi connectivity index (χ3v) is 2.75. The summed E-state index contributed by atoms with van der Waals surface area (Å²) in [6, 6.07) is 7.43. The van der Waals surface area contributed by atoms with E-state index in [4.69, 9.17) is 10.5 Å². The number of hydrazone groups is 1. The molecule has 5 nitrogen and oxygen atoms in total. The van der Waals surface area contributed by atoms with Crippen LogP contribution in [0.5, 0.6) is 0 Å². The topological polar surface area (TPSA) is 84.9 Å². The summed E-state index contributed by atoms with van der Waals surface area (Å²) in [5, 5.41) is 20.9. The molecule has 0 aliphatic rings. The predicted molar refractivity (Wildman–Crippen MR) is 61.9 cm³/mol. The van der Waals surface area contributed by atoms with Crippen LogP contribution in [0.25, 0.3) is 10.2 Å². The van der Waals surface area contributed by atoms with Crippen LogP contribution in [0.1, 0.15) is 0 Å². The van der Waals surface area contributed by atoms with E-state index >= 15 is 0 Å². The minimum absolute atomic E-state index is 0.296. The number of nitriles is 2. The first-order valence-corrected chi connectivity index (χ1v) is 5.24. The zero-order valence-corrected chi connectivity index (χ0v) is 9.12. The number of rotatable bonds is 2. The molecule has 0 bridgehead atoms. The van der Waals surface area contributed by atoms with Crippen molar-refractivity contribution in [2.24, 2.45) is 5.10 Å². The van der Waals surface area contributed by atoms with Gasteiger partial charge in [0.05, 0.1) is 10.2 Å². The number of halogens is 1. The molecule has 0 saturated heterocycles. The van der Waals surface area contributed by atoms with Gasteiger partial charge in [0.1, 0.15) is 18.0 Å². The van der Waals surface area contributed by atoms with E-state index in [1.807, 2.05) is 0 Å². The molecule has 0 unspecified atom stereocenters. The number of hydrogen-bond acceptors (Lipinski definition) is 6. The maximum Gasteiger partial charge on any atom is 0.237 e. The summed E-state index contributed by atoms with van der Waals surface area (Å²) in [4.78, 5) is 4.11. The summed E-state index contributed by atoms with van der Waals surface area (Å²) in [7, 11) is 0. The molecule has 7 heteroatoms. The van der Waals surface area contributed by atoms with Gasteiger partial charge < -0.3 is 0 Å². The standard InChI is InChI=1S/C10H4FN5S/c11-6-1-2-8-9(3-6)17-10(14-8)16-15-7(4-12)5-13/h1-3H,(H,14,16). The van der Waals surface area contributed by atoms with Gasteiger partial charge in [0.25, 0.3) is 0 Å². The highest BCUT2D eigenvalue weighted by Crippen LogP contribution is 2.26. The van der Waals surface area contributed by atoms with Crippen LogP contribution >= 0.6 is 11.3 Å². The molecule has 0 aliphatic heterocycles. The minimum Gasteiger partial charge on any atom is -0.251 e. The van der Waals surface area contributed by atoms with Crippen molar-refractivity contribution in [3.05, 3.63) is 24.0 Å². The third-order valence-electron chi connectivity index (χ3n) is 1.83. The Morgan fingerprint density at radius 1 is 1.41 bits per heavy atom. The first-order valence-electron chi connectivity index (χ1n) is 4.43. The normalized spacial score (nSPS) is 9.35. The molecule has 1 heterocycles. The van der Waals surface area contributed by atoms with Gasteiger partial charge in [-0.15, -0.1) is 0 Å². The zero-order chi connectivity index (χ0) is 12.3. The first kappa shape index (κ1) is 11.0. The van der Waals surface area contributed by atoms with E-state index in [-0.39, 0.29) is 11.5 Å². The van der Waals surface area contributed by atoms with Crippen molar-refractivity contribution in [2.45, 2.75) is 0 Å². The van der Waals surface area contributed by atoms with Crippen LogP contribution in [-0.4, -0.2) is 10.7 Å². The molecule has 0 radical (unpaired) electrons. The lowest BCUT2D eigenvalue weighted by molar-refractivity contribution is 0.630. The Kier molecular flexibility index (Phi) is 2.95. The van der Waals surface area contributed by atoms with Crippen LogP contribution < -0.4 is 5.43 Å². The van der Waals surface area contributed by atoms with Crippen molar-refractivity contribution in [1.29, 1.82) is 10.5 Å². The smallest absolute Gasteiger partial charge is 0.237 e. The van der Waals surface area contributed by atoms with Crippen molar-refractivity contribution >= 4 is 32.4 Å². The predicted octanol–water partition coefficient (Wildman–Crippen LogP) is 2.25. The fraction of sp³-hybridized carbons (Fsp3) is 0. The van der Waals surface area contributed by atoms with Crippen molar-refractivity contribution in [1.82, 2.24) is 4.98 Å². The summed E-state index contributed by atoms with van der Waals surface area (Å²) < 4.78 is 13.6. The van der Waals surface area contributed by atoms with Crippen molar-refractivity contribution < 1.29 is 4.39 Å². The van der Waals surface area contributed by atoms with Crippen LogP contribution in [0.4, 0.5) is 9.52 Å². The lowest BCUT2D eigenvalue weighted by atomic mass is 10.3. The number of nitrogens with zero attached hydrogens (tertiary/aromatic N) is 4. The number of benzene rings is 1. The Hall–Kier alpha value is -2.51. The Morgan fingerprint density at radius 2 is 2.18 bits per heavy atom. The molecule has 0 fully saturated rings.